The molecule has 0 radical (unpaired) electrons. The van der Waals surface area contributed by atoms with Crippen LogP contribution in [0.15, 0.2) is 85.1 Å². The van der Waals surface area contributed by atoms with E-state index in [0.717, 1.165) is 27.7 Å². The first-order chi connectivity index (χ1) is 16.7. The molecule has 3 aromatic heterocycles. The highest BCUT2D eigenvalue weighted by Gasteiger charge is 2.11. The zero-order valence-corrected chi connectivity index (χ0v) is 18.5. The van der Waals surface area contributed by atoms with Gasteiger partial charge in [0.05, 0.1) is 11.2 Å². The Morgan fingerprint density at radius 2 is 1.88 bits per heavy atom. The van der Waals surface area contributed by atoms with Crippen molar-refractivity contribution >= 4 is 22.5 Å². The number of carbonyl (C=O) groups excluding carboxylic acids is 1. The minimum absolute atomic E-state index is 0.174. The average molecular weight is 451 g/mol. The molecule has 8 heteroatoms. The van der Waals surface area contributed by atoms with E-state index in [1.807, 2.05) is 60.7 Å². The maximum absolute atomic E-state index is 11.6. The van der Waals surface area contributed by atoms with Gasteiger partial charge in [0.1, 0.15) is 19.0 Å². The van der Waals surface area contributed by atoms with Gasteiger partial charge in [0.15, 0.2) is 11.5 Å². The predicted molar refractivity (Wildman–Crippen MR) is 127 cm³/mol. The third-order valence-electron chi connectivity index (χ3n) is 5.20. The SMILES string of the molecule is C/C=C/C(=O)OCc1ccc2c(OCc3nnc4ccc(-c5ccccc5)nn34)ccnc2c1. The van der Waals surface area contributed by atoms with E-state index in [-0.39, 0.29) is 19.2 Å². The molecule has 0 spiro atoms. The Kier molecular flexibility index (Phi) is 5.94. The summed E-state index contributed by atoms with van der Waals surface area (Å²) in [5, 5.41) is 14.0. The van der Waals surface area contributed by atoms with E-state index in [2.05, 4.69) is 15.2 Å². The van der Waals surface area contributed by atoms with E-state index in [1.54, 1.807) is 29.8 Å². The normalized spacial score (nSPS) is 11.3. The number of fused-ring (bicyclic) bond motifs is 2. The molecule has 0 amide bonds. The van der Waals surface area contributed by atoms with Crippen molar-refractivity contribution in [2.24, 2.45) is 0 Å². The largest absolute Gasteiger partial charge is 0.485 e. The molecule has 0 N–H and O–H groups in total. The molecule has 3 heterocycles. The fourth-order valence-corrected chi connectivity index (χ4v) is 3.55. The summed E-state index contributed by atoms with van der Waals surface area (Å²) in [4.78, 5) is 16.0. The van der Waals surface area contributed by atoms with Gasteiger partial charge in [0, 0.05) is 23.2 Å². The van der Waals surface area contributed by atoms with Gasteiger partial charge >= 0.3 is 5.97 Å². The van der Waals surface area contributed by atoms with Crippen molar-refractivity contribution < 1.29 is 14.3 Å². The number of rotatable bonds is 7. The van der Waals surface area contributed by atoms with Crippen molar-refractivity contribution in [3.05, 3.63) is 96.5 Å². The lowest BCUT2D eigenvalue weighted by Gasteiger charge is -2.10. The van der Waals surface area contributed by atoms with Gasteiger partial charge in [-0.2, -0.15) is 9.61 Å². The summed E-state index contributed by atoms with van der Waals surface area (Å²) < 4.78 is 13.0. The Morgan fingerprint density at radius 3 is 2.74 bits per heavy atom. The van der Waals surface area contributed by atoms with Crippen LogP contribution >= 0.6 is 0 Å². The second kappa shape index (κ2) is 9.50. The number of hydrogen-bond donors (Lipinski definition) is 0. The third kappa shape index (κ3) is 4.47. The number of benzene rings is 2. The highest BCUT2D eigenvalue weighted by atomic mass is 16.5. The standard InChI is InChI=1S/C26H21N5O3/c1-2-6-26(32)34-16-18-9-10-20-22(15-18)27-14-13-23(20)33-17-25-29-28-24-12-11-21(30-31(24)25)19-7-4-3-5-8-19/h2-15H,16-17H2,1H3/b6-2+. The first kappa shape index (κ1) is 21.3. The smallest absolute Gasteiger partial charge is 0.330 e. The molecule has 0 saturated heterocycles. The van der Waals surface area contributed by atoms with Gasteiger partial charge in [-0.25, -0.2) is 4.79 Å². The molecule has 0 aliphatic heterocycles. The molecule has 8 nitrogen and oxygen atoms in total. The molecule has 5 aromatic rings. The van der Waals surface area contributed by atoms with Crippen LogP contribution in [0.1, 0.15) is 18.3 Å². The van der Waals surface area contributed by atoms with Gasteiger partial charge in [0.25, 0.3) is 0 Å². The van der Waals surface area contributed by atoms with Gasteiger partial charge in [-0.1, -0.05) is 42.5 Å². The minimum atomic E-state index is -0.378. The van der Waals surface area contributed by atoms with Crippen LogP contribution in [0.25, 0.3) is 27.8 Å². The van der Waals surface area contributed by atoms with Crippen molar-refractivity contribution in [2.75, 3.05) is 0 Å². The van der Waals surface area contributed by atoms with Crippen molar-refractivity contribution in [1.82, 2.24) is 24.8 Å². The van der Waals surface area contributed by atoms with E-state index in [1.165, 1.54) is 6.08 Å². The third-order valence-corrected chi connectivity index (χ3v) is 5.20. The van der Waals surface area contributed by atoms with Crippen LogP contribution in [0, 0.1) is 0 Å². The van der Waals surface area contributed by atoms with Gasteiger partial charge in [-0.05, 0) is 42.8 Å². The maximum atomic E-state index is 11.6. The van der Waals surface area contributed by atoms with Crippen LogP contribution in [0.3, 0.4) is 0 Å². The average Bonchev–Trinajstić information content (AvgIpc) is 3.29. The summed E-state index contributed by atoms with van der Waals surface area (Å²) in [7, 11) is 0. The minimum Gasteiger partial charge on any atom is -0.485 e. The van der Waals surface area contributed by atoms with Crippen molar-refractivity contribution in [3.63, 3.8) is 0 Å². The lowest BCUT2D eigenvalue weighted by molar-refractivity contribution is -0.139. The Labute approximate surface area is 195 Å². The van der Waals surface area contributed by atoms with E-state index in [0.29, 0.717) is 17.2 Å². The fraction of sp³-hybridized carbons (Fsp3) is 0.115. The highest BCUT2D eigenvalue weighted by molar-refractivity contribution is 5.85. The van der Waals surface area contributed by atoms with E-state index in [9.17, 15) is 4.79 Å². The summed E-state index contributed by atoms with van der Waals surface area (Å²) in [6.07, 6.45) is 4.71. The molecule has 168 valence electrons. The first-order valence-electron chi connectivity index (χ1n) is 10.8. The van der Waals surface area contributed by atoms with Crippen LogP contribution in [-0.4, -0.2) is 30.8 Å². The van der Waals surface area contributed by atoms with Crippen LogP contribution in [0.2, 0.25) is 0 Å². The highest BCUT2D eigenvalue weighted by Crippen LogP contribution is 2.26. The summed E-state index contributed by atoms with van der Waals surface area (Å²) in [6, 6.07) is 21.2. The molecule has 0 aliphatic carbocycles. The second-order valence-electron chi connectivity index (χ2n) is 7.53. The van der Waals surface area contributed by atoms with Crippen molar-refractivity contribution in [3.8, 4) is 17.0 Å². The monoisotopic (exact) mass is 451 g/mol. The number of hydrogen-bond acceptors (Lipinski definition) is 7. The number of nitrogens with zero attached hydrogens (tertiary/aromatic N) is 5. The first-order valence-corrected chi connectivity index (χ1v) is 10.8. The molecule has 0 fully saturated rings. The Bertz CT molecular complexity index is 1490. The number of aromatic nitrogens is 5. The van der Waals surface area contributed by atoms with Crippen molar-refractivity contribution in [2.45, 2.75) is 20.1 Å². The van der Waals surface area contributed by atoms with Gasteiger partial charge in [-0.15, -0.1) is 10.2 Å². The van der Waals surface area contributed by atoms with Gasteiger partial charge in [-0.3, -0.25) is 4.98 Å². The zero-order valence-electron chi connectivity index (χ0n) is 18.5. The second-order valence-corrected chi connectivity index (χ2v) is 7.53. The van der Waals surface area contributed by atoms with Crippen LogP contribution in [0.4, 0.5) is 0 Å². The number of pyridine rings is 1. The molecule has 0 aliphatic rings. The molecule has 0 unspecified atom stereocenters. The molecular formula is C26H21N5O3. The Hall–Kier alpha value is -4.59. The van der Waals surface area contributed by atoms with Crippen LogP contribution in [-0.2, 0) is 22.7 Å². The number of carbonyl (C=O) groups is 1. The van der Waals surface area contributed by atoms with Crippen LogP contribution in [0.5, 0.6) is 5.75 Å². The van der Waals surface area contributed by atoms with Crippen molar-refractivity contribution in [1.29, 1.82) is 0 Å². The molecule has 0 bridgehead atoms. The lowest BCUT2D eigenvalue weighted by atomic mass is 10.1. The molecular weight excluding hydrogens is 430 g/mol. The van der Waals surface area contributed by atoms with Gasteiger partial charge < -0.3 is 9.47 Å². The van der Waals surface area contributed by atoms with Gasteiger partial charge in [0.2, 0.25) is 0 Å². The molecule has 0 atom stereocenters. The van der Waals surface area contributed by atoms with E-state index < -0.39 is 0 Å². The van der Waals surface area contributed by atoms with E-state index in [4.69, 9.17) is 14.6 Å². The number of ether oxygens (including phenoxy) is 2. The molecule has 5 rings (SSSR count). The molecule has 0 saturated carbocycles. The Morgan fingerprint density at radius 1 is 1.00 bits per heavy atom. The zero-order chi connectivity index (χ0) is 23.3. The fourth-order valence-electron chi connectivity index (χ4n) is 3.55. The molecule has 2 aromatic carbocycles. The van der Waals surface area contributed by atoms with E-state index >= 15 is 0 Å². The summed E-state index contributed by atoms with van der Waals surface area (Å²) >= 11 is 0. The van der Waals surface area contributed by atoms with Crippen LogP contribution < -0.4 is 4.74 Å². The molecule has 34 heavy (non-hydrogen) atoms. The summed E-state index contributed by atoms with van der Waals surface area (Å²) in [5.41, 5.74) is 4.07. The maximum Gasteiger partial charge on any atom is 0.330 e. The summed E-state index contributed by atoms with van der Waals surface area (Å²) in [6.45, 7) is 2.13. The predicted octanol–water partition coefficient (Wildman–Crippen LogP) is 4.54. The lowest BCUT2D eigenvalue weighted by Crippen LogP contribution is -2.05. The summed E-state index contributed by atoms with van der Waals surface area (Å²) in [5.74, 6) is 0.876. The Balaban J connectivity index is 1.36. The quantitative estimate of drug-likeness (QED) is 0.265. The number of allylic oxidation sites excluding steroid dienone is 1. The topological polar surface area (TPSA) is 91.5 Å². The number of esters is 1.